The van der Waals surface area contributed by atoms with Crippen LogP contribution in [0.4, 0.5) is 0 Å². The van der Waals surface area contributed by atoms with E-state index in [1.54, 1.807) is 13.2 Å². The second kappa shape index (κ2) is 9.39. The summed E-state index contributed by atoms with van der Waals surface area (Å²) in [6.45, 7) is 7.69. The molecule has 4 nitrogen and oxygen atoms in total. The van der Waals surface area contributed by atoms with E-state index in [1.165, 1.54) is 0 Å². The molecule has 1 unspecified atom stereocenters. The first-order valence-electron chi connectivity index (χ1n) is 6.62. The largest absolute Gasteiger partial charge is 0.375 e. The van der Waals surface area contributed by atoms with E-state index in [0.29, 0.717) is 18.1 Å². The number of nitrogens with zero attached hydrogens (tertiary/aromatic N) is 1. The number of aliphatic imine (C=N–C) groups is 1. The Bertz CT molecular complexity index is 448. The number of halogens is 1. The summed E-state index contributed by atoms with van der Waals surface area (Å²) in [5, 5.41) is 7.02. The smallest absolute Gasteiger partial charge is 0.191 e. The van der Waals surface area contributed by atoms with Gasteiger partial charge in [-0.15, -0.1) is 6.58 Å². The molecule has 20 heavy (non-hydrogen) atoms. The highest BCUT2D eigenvalue weighted by Gasteiger charge is 2.10. The Labute approximate surface area is 125 Å². The molecular formula is C15H22ClN3O. The van der Waals surface area contributed by atoms with Crippen LogP contribution in [0.2, 0.25) is 5.02 Å². The predicted octanol–water partition coefficient (Wildman–Crippen LogP) is 2.77. The van der Waals surface area contributed by atoms with Gasteiger partial charge in [0.05, 0.1) is 6.54 Å². The molecule has 0 saturated carbocycles. The third kappa shape index (κ3) is 5.63. The minimum absolute atomic E-state index is 0.118. The maximum absolute atomic E-state index is 6.00. The molecule has 5 heteroatoms. The number of rotatable bonds is 7. The van der Waals surface area contributed by atoms with E-state index in [1.807, 2.05) is 31.2 Å². The quantitative estimate of drug-likeness (QED) is 0.462. The fourth-order valence-electron chi connectivity index (χ4n) is 1.71. The van der Waals surface area contributed by atoms with Gasteiger partial charge in [-0.05, 0) is 24.6 Å². The first kappa shape index (κ1) is 16.5. The van der Waals surface area contributed by atoms with E-state index in [0.717, 1.165) is 18.1 Å². The summed E-state index contributed by atoms with van der Waals surface area (Å²) in [6, 6.07) is 7.64. The molecule has 0 saturated heterocycles. The van der Waals surface area contributed by atoms with E-state index in [2.05, 4.69) is 22.2 Å². The van der Waals surface area contributed by atoms with Crippen LogP contribution < -0.4 is 10.6 Å². The van der Waals surface area contributed by atoms with Crippen LogP contribution in [0.25, 0.3) is 0 Å². The van der Waals surface area contributed by atoms with Crippen molar-refractivity contribution in [2.24, 2.45) is 4.99 Å². The lowest BCUT2D eigenvalue weighted by Crippen LogP contribution is -2.37. The average Bonchev–Trinajstić information content (AvgIpc) is 2.45. The third-order valence-electron chi connectivity index (χ3n) is 2.68. The van der Waals surface area contributed by atoms with Gasteiger partial charge < -0.3 is 15.4 Å². The van der Waals surface area contributed by atoms with Crippen LogP contribution in [-0.2, 0) is 4.74 Å². The topological polar surface area (TPSA) is 45.7 Å². The van der Waals surface area contributed by atoms with Crippen LogP contribution in [0.3, 0.4) is 0 Å². The number of hydrogen-bond donors (Lipinski definition) is 2. The van der Waals surface area contributed by atoms with E-state index in [-0.39, 0.29) is 6.10 Å². The van der Waals surface area contributed by atoms with Crippen LogP contribution >= 0.6 is 11.6 Å². The minimum atomic E-state index is -0.118. The third-order valence-corrected chi connectivity index (χ3v) is 2.91. The van der Waals surface area contributed by atoms with Gasteiger partial charge in [0.2, 0.25) is 0 Å². The van der Waals surface area contributed by atoms with Gasteiger partial charge in [0.1, 0.15) is 6.10 Å². The number of guanidine groups is 1. The van der Waals surface area contributed by atoms with Crippen LogP contribution in [-0.4, -0.2) is 32.7 Å². The molecule has 0 spiro atoms. The Morgan fingerprint density at radius 1 is 1.50 bits per heavy atom. The molecule has 0 amide bonds. The first-order chi connectivity index (χ1) is 9.71. The molecule has 0 heterocycles. The highest BCUT2D eigenvalue weighted by atomic mass is 35.5. The van der Waals surface area contributed by atoms with E-state index >= 15 is 0 Å². The van der Waals surface area contributed by atoms with Crippen molar-refractivity contribution in [1.29, 1.82) is 0 Å². The fourth-order valence-corrected chi connectivity index (χ4v) is 1.91. The van der Waals surface area contributed by atoms with Crippen LogP contribution in [0.5, 0.6) is 0 Å². The molecule has 1 aromatic rings. The van der Waals surface area contributed by atoms with Gasteiger partial charge >= 0.3 is 0 Å². The molecule has 0 aliphatic heterocycles. The molecule has 0 aromatic heterocycles. The Kier molecular flexibility index (Phi) is 7.77. The van der Waals surface area contributed by atoms with Crippen molar-refractivity contribution in [2.75, 3.05) is 26.7 Å². The van der Waals surface area contributed by atoms with Gasteiger partial charge in [-0.2, -0.15) is 0 Å². The summed E-state index contributed by atoms with van der Waals surface area (Å²) in [7, 11) is 1.67. The number of benzene rings is 1. The van der Waals surface area contributed by atoms with Crippen LogP contribution in [0, 0.1) is 0 Å². The highest BCUT2D eigenvalue weighted by molar-refractivity contribution is 6.30. The molecule has 0 aliphatic rings. The van der Waals surface area contributed by atoms with E-state index in [9.17, 15) is 0 Å². The van der Waals surface area contributed by atoms with Crippen molar-refractivity contribution in [3.8, 4) is 0 Å². The van der Waals surface area contributed by atoms with Crippen molar-refractivity contribution in [3.05, 3.63) is 47.5 Å². The number of ether oxygens (including phenoxy) is 1. The van der Waals surface area contributed by atoms with Crippen LogP contribution in [0.15, 0.2) is 41.9 Å². The molecule has 0 fully saturated rings. The van der Waals surface area contributed by atoms with Crippen molar-refractivity contribution >= 4 is 17.6 Å². The second-order valence-electron chi connectivity index (χ2n) is 4.17. The standard InChI is InChI=1S/C15H22ClN3O/c1-4-9-18-15(17-5-2)19-11-14(20-3)12-7-6-8-13(16)10-12/h4,6-8,10,14H,1,5,9,11H2,2-3H3,(H2,17,18,19). The summed E-state index contributed by atoms with van der Waals surface area (Å²) in [5.74, 6) is 0.747. The lowest BCUT2D eigenvalue weighted by Gasteiger charge is -2.15. The lowest BCUT2D eigenvalue weighted by atomic mass is 10.1. The van der Waals surface area contributed by atoms with E-state index in [4.69, 9.17) is 16.3 Å². The molecule has 2 N–H and O–H groups in total. The molecular weight excluding hydrogens is 274 g/mol. The minimum Gasteiger partial charge on any atom is -0.375 e. The van der Waals surface area contributed by atoms with Crippen molar-refractivity contribution in [2.45, 2.75) is 13.0 Å². The molecule has 1 atom stereocenters. The summed E-state index contributed by atoms with van der Waals surface area (Å²) in [4.78, 5) is 4.51. The zero-order chi connectivity index (χ0) is 14.8. The maximum Gasteiger partial charge on any atom is 0.191 e. The zero-order valence-corrected chi connectivity index (χ0v) is 12.8. The van der Waals surface area contributed by atoms with Crippen LogP contribution in [0.1, 0.15) is 18.6 Å². The predicted molar refractivity (Wildman–Crippen MR) is 85.4 cm³/mol. The summed E-state index contributed by atoms with van der Waals surface area (Å²) < 4.78 is 5.48. The SMILES string of the molecule is C=CCNC(=NCC(OC)c1cccc(Cl)c1)NCC. The molecule has 1 rings (SSSR count). The molecule has 0 radical (unpaired) electrons. The Balaban J connectivity index is 2.72. The lowest BCUT2D eigenvalue weighted by molar-refractivity contribution is 0.111. The van der Waals surface area contributed by atoms with Gasteiger partial charge in [0, 0.05) is 25.2 Å². The van der Waals surface area contributed by atoms with Crippen molar-refractivity contribution < 1.29 is 4.74 Å². The van der Waals surface area contributed by atoms with Crippen molar-refractivity contribution in [3.63, 3.8) is 0 Å². The Hall–Kier alpha value is -1.52. The number of hydrogen-bond acceptors (Lipinski definition) is 2. The zero-order valence-electron chi connectivity index (χ0n) is 12.0. The number of nitrogens with one attached hydrogen (secondary N) is 2. The Morgan fingerprint density at radius 3 is 2.90 bits per heavy atom. The monoisotopic (exact) mass is 295 g/mol. The fraction of sp³-hybridized carbons (Fsp3) is 0.400. The summed E-state index contributed by atoms with van der Waals surface area (Å²) in [5.41, 5.74) is 1.02. The first-order valence-corrected chi connectivity index (χ1v) is 7.00. The molecule has 1 aromatic carbocycles. The van der Waals surface area contributed by atoms with Gasteiger partial charge in [-0.3, -0.25) is 4.99 Å². The van der Waals surface area contributed by atoms with Crippen molar-refractivity contribution in [1.82, 2.24) is 10.6 Å². The highest BCUT2D eigenvalue weighted by Crippen LogP contribution is 2.20. The molecule has 0 bridgehead atoms. The second-order valence-corrected chi connectivity index (χ2v) is 4.60. The Morgan fingerprint density at radius 2 is 2.30 bits per heavy atom. The van der Waals surface area contributed by atoms with Gasteiger partial charge in [-0.1, -0.05) is 29.8 Å². The molecule has 110 valence electrons. The normalized spacial score (nSPS) is 12.8. The molecule has 0 aliphatic carbocycles. The summed E-state index contributed by atoms with van der Waals surface area (Å²) >= 11 is 6.00. The number of methoxy groups -OCH3 is 1. The summed E-state index contributed by atoms with van der Waals surface area (Å²) in [6.07, 6.45) is 1.67. The average molecular weight is 296 g/mol. The van der Waals surface area contributed by atoms with E-state index < -0.39 is 0 Å². The van der Waals surface area contributed by atoms with Gasteiger partial charge in [0.25, 0.3) is 0 Å². The maximum atomic E-state index is 6.00. The van der Waals surface area contributed by atoms with Gasteiger partial charge in [-0.25, -0.2) is 0 Å². The van der Waals surface area contributed by atoms with Gasteiger partial charge in [0.15, 0.2) is 5.96 Å².